The average molecular weight is 594 g/mol. The highest BCUT2D eigenvalue weighted by atomic mass is 32.1. The Balaban J connectivity index is 1.25. The van der Waals surface area contributed by atoms with Gasteiger partial charge < -0.3 is 4.90 Å². The quantitative estimate of drug-likeness (QED) is 0.196. The van der Waals surface area contributed by atoms with Crippen LogP contribution in [-0.2, 0) is 5.41 Å². The molecule has 9 rings (SSSR count). The molecule has 0 fully saturated rings. The standard InChI is InChI=1S/C43H31NS/c1-43(2)36-16-10-17-38(40(36)41-37(43)26-25-35-34-15-8-9-18-39(34)45-42(35)41)44(32-13-4-3-5-14-32)33-23-21-29(22-24-33)31-20-19-28-11-6-7-12-30(28)27-31/h3-27H,1-2H3. The molecule has 0 aliphatic heterocycles. The fourth-order valence-electron chi connectivity index (χ4n) is 7.39. The van der Waals surface area contributed by atoms with Crippen LogP contribution in [0.5, 0.6) is 0 Å². The molecule has 1 aromatic heterocycles. The number of thiophene rings is 1. The molecule has 0 atom stereocenters. The Morgan fingerprint density at radius 3 is 2.02 bits per heavy atom. The minimum absolute atomic E-state index is 0.104. The number of hydrogen-bond donors (Lipinski definition) is 0. The van der Waals surface area contributed by atoms with E-state index in [0.717, 1.165) is 11.4 Å². The summed E-state index contributed by atoms with van der Waals surface area (Å²) in [4.78, 5) is 2.44. The molecule has 0 amide bonds. The van der Waals surface area contributed by atoms with E-state index in [1.807, 2.05) is 11.3 Å². The van der Waals surface area contributed by atoms with E-state index in [4.69, 9.17) is 0 Å². The van der Waals surface area contributed by atoms with Crippen LogP contribution in [0, 0.1) is 0 Å². The van der Waals surface area contributed by atoms with Crippen LogP contribution in [0.15, 0.2) is 152 Å². The number of para-hydroxylation sites is 1. The molecule has 0 saturated carbocycles. The summed E-state index contributed by atoms with van der Waals surface area (Å²) in [6.45, 7) is 4.76. The minimum Gasteiger partial charge on any atom is -0.310 e. The van der Waals surface area contributed by atoms with Gasteiger partial charge in [0.05, 0.1) is 5.69 Å². The number of anilines is 3. The number of benzene rings is 7. The molecule has 8 aromatic rings. The van der Waals surface area contributed by atoms with E-state index in [1.165, 1.54) is 70.0 Å². The summed E-state index contributed by atoms with van der Waals surface area (Å²) in [6.07, 6.45) is 0. The third-order valence-corrected chi connectivity index (χ3v) is 10.9. The fourth-order valence-corrected chi connectivity index (χ4v) is 8.65. The summed E-state index contributed by atoms with van der Waals surface area (Å²) < 4.78 is 2.72. The van der Waals surface area contributed by atoms with Gasteiger partial charge in [-0.15, -0.1) is 11.3 Å². The monoisotopic (exact) mass is 593 g/mol. The molecule has 7 aromatic carbocycles. The third kappa shape index (κ3) is 3.99. The lowest BCUT2D eigenvalue weighted by Gasteiger charge is -2.29. The SMILES string of the molecule is CC1(C)c2cccc(N(c3ccccc3)c3ccc(-c4ccc5ccccc5c4)cc3)c2-c2c1ccc1c2sc2ccccc21. The van der Waals surface area contributed by atoms with Crippen LogP contribution in [-0.4, -0.2) is 0 Å². The van der Waals surface area contributed by atoms with Gasteiger partial charge in [-0.1, -0.05) is 123 Å². The van der Waals surface area contributed by atoms with Gasteiger partial charge in [-0.2, -0.15) is 0 Å². The number of rotatable bonds is 4. The lowest BCUT2D eigenvalue weighted by Crippen LogP contribution is -2.16. The van der Waals surface area contributed by atoms with Crippen molar-refractivity contribution in [3.05, 3.63) is 163 Å². The smallest absolute Gasteiger partial charge is 0.0543 e. The first-order chi connectivity index (χ1) is 22.1. The van der Waals surface area contributed by atoms with Gasteiger partial charge in [-0.3, -0.25) is 0 Å². The summed E-state index contributed by atoms with van der Waals surface area (Å²) in [5, 5.41) is 5.22. The molecule has 214 valence electrons. The maximum Gasteiger partial charge on any atom is 0.0543 e. The number of nitrogens with zero attached hydrogens (tertiary/aromatic N) is 1. The summed E-state index contributed by atoms with van der Waals surface area (Å²) in [6, 6.07) is 55.6. The number of fused-ring (bicyclic) bond motifs is 8. The average Bonchev–Trinajstić information content (AvgIpc) is 3.58. The molecule has 45 heavy (non-hydrogen) atoms. The van der Waals surface area contributed by atoms with E-state index >= 15 is 0 Å². The van der Waals surface area contributed by atoms with Gasteiger partial charge in [-0.05, 0) is 75.5 Å². The Labute approximate surface area is 267 Å². The van der Waals surface area contributed by atoms with E-state index in [-0.39, 0.29) is 5.41 Å². The van der Waals surface area contributed by atoms with Crippen LogP contribution in [0.2, 0.25) is 0 Å². The highest BCUT2D eigenvalue weighted by Crippen LogP contribution is 2.57. The molecule has 0 unspecified atom stereocenters. The van der Waals surface area contributed by atoms with Gasteiger partial charge in [0.25, 0.3) is 0 Å². The lowest BCUT2D eigenvalue weighted by molar-refractivity contribution is 0.661. The van der Waals surface area contributed by atoms with E-state index in [2.05, 4.69) is 170 Å². The van der Waals surface area contributed by atoms with Crippen molar-refractivity contribution in [2.45, 2.75) is 19.3 Å². The van der Waals surface area contributed by atoms with Crippen molar-refractivity contribution >= 4 is 59.3 Å². The first kappa shape index (κ1) is 26.2. The summed E-state index contributed by atoms with van der Waals surface area (Å²) in [5.74, 6) is 0. The van der Waals surface area contributed by atoms with Crippen LogP contribution < -0.4 is 4.90 Å². The van der Waals surface area contributed by atoms with Gasteiger partial charge >= 0.3 is 0 Å². The molecule has 0 N–H and O–H groups in total. The highest BCUT2D eigenvalue weighted by molar-refractivity contribution is 7.26. The molecule has 1 aliphatic carbocycles. The fraction of sp³-hybridized carbons (Fsp3) is 0.0698. The van der Waals surface area contributed by atoms with E-state index in [1.54, 1.807) is 0 Å². The summed E-state index contributed by atoms with van der Waals surface area (Å²) in [7, 11) is 0. The Morgan fingerprint density at radius 2 is 1.18 bits per heavy atom. The van der Waals surface area contributed by atoms with Crippen LogP contribution in [0.4, 0.5) is 17.1 Å². The second-order valence-corrected chi connectivity index (χ2v) is 13.6. The highest BCUT2D eigenvalue weighted by Gasteiger charge is 2.39. The maximum atomic E-state index is 2.44. The second-order valence-electron chi connectivity index (χ2n) is 12.6. The molecule has 0 spiro atoms. The Morgan fingerprint density at radius 1 is 0.489 bits per heavy atom. The van der Waals surface area contributed by atoms with E-state index in [0.29, 0.717) is 0 Å². The Kier molecular flexibility index (Phi) is 5.78. The van der Waals surface area contributed by atoms with Gasteiger partial charge in [-0.25, -0.2) is 0 Å². The van der Waals surface area contributed by atoms with Crippen molar-refractivity contribution in [3.63, 3.8) is 0 Å². The first-order valence-electron chi connectivity index (χ1n) is 15.6. The molecule has 1 nitrogen and oxygen atoms in total. The topological polar surface area (TPSA) is 3.24 Å². The van der Waals surface area contributed by atoms with Crippen molar-refractivity contribution in [2.75, 3.05) is 4.90 Å². The predicted molar refractivity (Wildman–Crippen MR) is 195 cm³/mol. The van der Waals surface area contributed by atoms with Crippen LogP contribution in [0.25, 0.3) is 53.2 Å². The minimum atomic E-state index is -0.104. The number of hydrogen-bond acceptors (Lipinski definition) is 2. The predicted octanol–water partition coefficient (Wildman–Crippen LogP) is 12.7. The zero-order valence-electron chi connectivity index (χ0n) is 25.3. The molecular weight excluding hydrogens is 563 g/mol. The van der Waals surface area contributed by atoms with Crippen LogP contribution in [0.1, 0.15) is 25.0 Å². The molecule has 0 radical (unpaired) electrons. The van der Waals surface area contributed by atoms with E-state index < -0.39 is 0 Å². The maximum absolute atomic E-state index is 2.44. The third-order valence-electron chi connectivity index (χ3n) is 9.65. The zero-order chi connectivity index (χ0) is 30.1. The van der Waals surface area contributed by atoms with E-state index in [9.17, 15) is 0 Å². The summed E-state index contributed by atoms with van der Waals surface area (Å²) in [5.41, 5.74) is 11.4. The molecule has 0 saturated heterocycles. The molecular formula is C43H31NS. The van der Waals surface area contributed by atoms with Gasteiger partial charge in [0.1, 0.15) is 0 Å². The van der Waals surface area contributed by atoms with Crippen molar-refractivity contribution in [3.8, 4) is 22.3 Å². The van der Waals surface area contributed by atoms with Gasteiger partial charge in [0.15, 0.2) is 0 Å². The summed E-state index contributed by atoms with van der Waals surface area (Å²) >= 11 is 1.93. The molecule has 0 bridgehead atoms. The molecule has 2 heteroatoms. The van der Waals surface area contributed by atoms with Crippen LogP contribution >= 0.6 is 11.3 Å². The Bertz CT molecular complexity index is 2400. The van der Waals surface area contributed by atoms with Crippen molar-refractivity contribution in [1.29, 1.82) is 0 Å². The normalized spacial score (nSPS) is 13.3. The largest absolute Gasteiger partial charge is 0.310 e. The van der Waals surface area contributed by atoms with Gasteiger partial charge in [0, 0.05) is 48.1 Å². The van der Waals surface area contributed by atoms with Crippen molar-refractivity contribution in [1.82, 2.24) is 0 Å². The molecule has 1 aliphatic rings. The molecule has 1 heterocycles. The second kappa shape index (κ2) is 9.92. The first-order valence-corrected chi connectivity index (χ1v) is 16.4. The van der Waals surface area contributed by atoms with Gasteiger partial charge in [0.2, 0.25) is 0 Å². The Hall–Kier alpha value is -5.18. The van der Waals surface area contributed by atoms with Crippen molar-refractivity contribution in [2.24, 2.45) is 0 Å². The zero-order valence-corrected chi connectivity index (χ0v) is 26.1. The van der Waals surface area contributed by atoms with Crippen molar-refractivity contribution < 1.29 is 0 Å². The van der Waals surface area contributed by atoms with Crippen LogP contribution in [0.3, 0.4) is 0 Å². The lowest BCUT2D eigenvalue weighted by atomic mass is 9.82.